The fourth-order valence-electron chi connectivity index (χ4n) is 1.78. The van der Waals surface area contributed by atoms with Crippen molar-refractivity contribution in [2.75, 3.05) is 26.8 Å². The van der Waals surface area contributed by atoms with E-state index >= 15 is 0 Å². The second kappa shape index (κ2) is 5.23. The molecule has 1 aromatic rings. The molecule has 0 spiro atoms. The molecule has 1 fully saturated rings. The van der Waals surface area contributed by atoms with Gasteiger partial charge in [0.05, 0.1) is 0 Å². The van der Waals surface area contributed by atoms with E-state index in [0.29, 0.717) is 5.92 Å². The summed E-state index contributed by atoms with van der Waals surface area (Å²) in [5.74, 6) is 2.02. The molecule has 5 nitrogen and oxygen atoms in total. The van der Waals surface area contributed by atoms with Crippen molar-refractivity contribution < 1.29 is 9.26 Å². The minimum absolute atomic E-state index is 0.435. The number of aryl methyl sites for hydroxylation is 1. The third kappa shape index (κ3) is 2.76. The number of hydrogen-bond acceptors (Lipinski definition) is 5. The first-order valence-electron chi connectivity index (χ1n) is 5.42. The molecule has 2 rings (SSSR count). The molecule has 15 heavy (non-hydrogen) atoms. The lowest BCUT2D eigenvalue weighted by molar-refractivity contribution is 0.192. The van der Waals surface area contributed by atoms with Gasteiger partial charge in [-0.2, -0.15) is 4.98 Å². The normalized spacial score (nSPS) is 21.0. The maximum atomic E-state index is 5.18. The van der Waals surface area contributed by atoms with E-state index in [-0.39, 0.29) is 0 Å². The zero-order valence-electron chi connectivity index (χ0n) is 9.03. The average Bonchev–Trinajstić information content (AvgIpc) is 2.87. The molecule has 0 saturated carbocycles. The van der Waals surface area contributed by atoms with Crippen LogP contribution in [0.2, 0.25) is 0 Å². The van der Waals surface area contributed by atoms with Crippen LogP contribution in [0.1, 0.15) is 30.5 Å². The number of methoxy groups -OCH3 is 1. The Bertz CT molecular complexity index is 295. The van der Waals surface area contributed by atoms with Crippen LogP contribution in [0.3, 0.4) is 0 Å². The van der Waals surface area contributed by atoms with Crippen molar-refractivity contribution in [3.8, 4) is 0 Å². The van der Waals surface area contributed by atoms with Gasteiger partial charge >= 0.3 is 0 Å². The first kappa shape index (κ1) is 10.6. The van der Waals surface area contributed by atoms with Crippen molar-refractivity contribution in [1.82, 2.24) is 15.5 Å². The highest BCUT2D eigenvalue weighted by atomic mass is 16.5. The van der Waals surface area contributed by atoms with Gasteiger partial charge in [0.2, 0.25) is 5.89 Å². The van der Waals surface area contributed by atoms with E-state index in [9.17, 15) is 0 Å². The fourth-order valence-corrected chi connectivity index (χ4v) is 1.78. The van der Waals surface area contributed by atoms with Gasteiger partial charge in [0.15, 0.2) is 5.82 Å². The molecule has 1 aromatic heterocycles. The number of ether oxygens (including phenoxy) is 1. The monoisotopic (exact) mass is 211 g/mol. The van der Waals surface area contributed by atoms with E-state index in [1.54, 1.807) is 7.11 Å². The summed E-state index contributed by atoms with van der Waals surface area (Å²) in [6.45, 7) is 2.76. The van der Waals surface area contributed by atoms with Crippen molar-refractivity contribution in [2.24, 2.45) is 0 Å². The summed E-state index contributed by atoms with van der Waals surface area (Å²) < 4.78 is 10.1. The summed E-state index contributed by atoms with van der Waals surface area (Å²) in [4.78, 5) is 4.39. The highest BCUT2D eigenvalue weighted by Crippen LogP contribution is 2.19. The van der Waals surface area contributed by atoms with Gasteiger partial charge in [-0.15, -0.1) is 0 Å². The molecule has 0 aliphatic carbocycles. The molecule has 1 atom stereocenters. The van der Waals surface area contributed by atoms with Crippen LogP contribution in [0, 0.1) is 0 Å². The molecule has 5 heteroatoms. The molecule has 1 aliphatic heterocycles. The lowest BCUT2D eigenvalue weighted by Gasteiger charge is -1.98. The molecule has 2 heterocycles. The van der Waals surface area contributed by atoms with Gasteiger partial charge < -0.3 is 14.6 Å². The van der Waals surface area contributed by atoms with Crippen LogP contribution < -0.4 is 5.32 Å². The van der Waals surface area contributed by atoms with E-state index in [1.807, 2.05) is 0 Å². The van der Waals surface area contributed by atoms with Crippen LogP contribution in [0.5, 0.6) is 0 Å². The van der Waals surface area contributed by atoms with Gasteiger partial charge in [0.1, 0.15) is 0 Å². The first-order valence-corrected chi connectivity index (χ1v) is 5.42. The Morgan fingerprint density at radius 3 is 3.27 bits per heavy atom. The van der Waals surface area contributed by atoms with Crippen molar-refractivity contribution in [3.05, 3.63) is 11.7 Å². The molecule has 1 unspecified atom stereocenters. The standard InChI is InChI=1S/C10H17N3O2/c1-14-6-2-3-9-12-10(13-15-9)8-4-5-11-7-8/h8,11H,2-7H2,1H3. The first-order chi connectivity index (χ1) is 7.40. The van der Waals surface area contributed by atoms with Gasteiger partial charge in [-0.3, -0.25) is 0 Å². The van der Waals surface area contributed by atoms with Crippen LogP contribution in [-0.4, -0.2) is 36.9 Å². The Hall–Kier alpha value is -0.940. The van der Waals surface area contributed by atoms with E-state index in [2.05, 4.69) is 15.5 Å². The molecule has 0 aromatic carbocycles. The minimum atomic E-state index is 0.435. The second-order valence-corrected chi connectivity index (χ2v) is 3.83. The lowest BCUT2D eigenvalue weighted by atomic mass is 10.1. The molecule has 0 radical (unpaired) electrons. The van der Waals surface area contributed by atoms with Crippen molar-refractivity contribution in [1.29, 1.82) is 0 Å². The van der Waals surface area contributed by atoms with E-state index < -0.39 is 0 Å². The van der Waals surface area contributed by atoms with Gasteiger partial charge in [-0.1, -0.05) is 5.16 Å². The summed E-state index contributed by atoms with van der Waals surface area (Å²) in [5.41, 5.74) is 0. The maximum absolute atomic E-state index is 5.18. The molecule has 1 saturated heterocycles. The maximum Gasteiger partial charge on any atom is 0.226 e. The predicted octanol–water partition coefficient (Wildman–Crippen LogP) is 0.726. The highest BCUT2D eigenvalue weighted by molar-refractivity contribution is 4.99. The van der Waals surface area contributed by atoms with Crippen molar-refractivity contribution in [3.63, 3.8) is 0 Å². The smallest absolute Gasteiger partial charge is 0.226 e. The SMILES string of the molecule is COCCCc1nc(C2CCNC2)no1. The molecule has 0 bridgehead atoms. The molecule has 1 aliphatic rings. The molecular weight excluding hydrogens is 194 g/mol. The zero-order valence-corrected chi connectivity index (χ0v) is 9.03. The van der Waals surface area contributed by atoms with Gasteiger partial charge in [-0.25, -0.2) is 0 Å². The van der Waals surface area contributed by atoms with Crippen LogP contribution in [-0.2, 0) is 11.2 Å². The Labute approximate surface area is 89.2 Å². The number of nitrogens with one attached hydrogen (secondary N) is 1. The summed E-state index contributed by atoms with van der Waals surface area (Å²) in [5, 5.41) is 7.30. The Morgan fingerprint density at radius 1 is 1.60 bits per heavy atom. The molecule has 84 valence electrons. The Balaban J connectivity index is 1.86. The van der Waals surface area contributed by atoms with Crippen LogP contribution >= 0.6 is 0 Å². The van der Waals surface area contributed by atoms with Crippen LogP contribution in [0.25, 0.3) is 0 Å². The molecular formula is C10H17N3O2. The summed E-state index contributed by atoms with van der Waals surface area (Å²) >= 11 is 0. The highest BCUT2D eigenvalue weighted by Gasteiger charge is 2.21. The molecule has 0 amide bonds. The third-order valence-corrected chi connectivity index (χ3v) is 2.65. The summed E-state index contributed by atoms with van der Waals surface area (Å²) in [7, 11) is 1.70. The Morgan fingerprint density at radius 2 is 2.53 bits per heavy atom. The fraction of sp³-hybridized carbons (Fsp3) is 0.800. The third-order valence-electron chi connectivity index (χ3n) is 2.65. The average molecular weight is 211 g/mol. The lowest BCUT2D eigenvalue weighted by Crippen LogP contribution is -2.08. The largest absolute Gasteiger partial charge is 0.385 e. The summed E-state index contributed by atoms with van der Waals surface area (Å²) in [6, 6.07) is 0. The van der Waals surface area contributed by atoms with E-state index in [1.165, 1.54) is 0 Å². The number of aromatic nitrogens is 2. The predicted molar refractivity (Wildman–Crippen MR) is 54.7 cm³/mol. The number of hydrogen-bond donors (Lipinski definition) is 1. The Kier molecular flexibility index (Phi) is 3.69. The van der Waals surface area contributed by atoms with Crippen LogP contribution in [0.15, 0.2) is 4.52 Å². The van der Waals surface area contributed by atoms with Gasteiger partial charge in [-0.05, 0) is 19.4 Å². The van der Waals surface area contributed by atoms with Crippen LogP contribution in [0.4, 0.5) is 0 Å². The second-order valence-electron chi connectivity index (χ2n) is 3.83. The van der Waals surface area contributed by atoms with E-state index in [0.717, 1.165) is 50.7 Å². The molecule has 1 N–H and O–H groups in total. The van der Waals surface area contributed by atoms with Gasteiger partial charge in [0.25, 0.3) is 0 Å². The quantitative estimate of drug-likeness (QED) is 0.727. The minimum Gasteiger partial charge on any atom is -0.385 e. The number of rotatable bonds is 5. The zero-order chi connectivity index (χ0) is 10.5. The topological polar surface area (TPSA) is 60.2 Å². The van der Waals surface area contributed by atoms with Crippen molar-refractivity contribution in [2.45, 2.75) is 25.2 Å². The van der Waals surface area contributed by atoms with Gasteiger partial charge in [0, 0.05) is 32.6 Å². The van der Waals surface area contributed by atoms with Crippen molar-refractivity contribution >= 4 is 0 Å². The van der Waals surface area contributed by atoms with E-state index in [4.69, 9.17) is 9.26 Å². The summed E-state index contributed by atoms with van der Waals surface area (Å²) in [6.07, 6.45) is 2.85. The number of nitrogens with zero attached hydrogens (tertiary/aromatic N) is 2.